The van der Waals surface area contributed by atoms with Crippen molar-refractivity contribution in [3.8, 4) is 0 Å². The molecule has 2 fully saturated rings. The summed E-state index contributed by atoms with van der Waals surface area (Å²) in [5.41, 5.74) is 2.32. The Bertz CT molecular complexity index is 1550. The molecule has 3 aromatic carbocycles. The van der Waals surface area contributed by atoms with Gasteiger partial charge >= 0.3 is 0 Å². The Hall–Kier alpha value is -3.72. The first-order valence-electron chi connectivity index (χ1n) is 13.7. The molecule has 7 nitrogen and oxygen atoms in total. The molecule has 208 valence electrons. The van der Waals surface area contributed by atoms with Gasteiger partial charge in [0.1, 0.15) is 5.82 Å². The molecule has 0 bridgehead atoms. The molecule has 1 unspecified atom stereocenters. The van der Waals surface area contributed by atoms with Gasteiger partial charge in [0, 0.05) is 37.5 Å². The first-order chi connectivity index (χ1) is 19.2. The molecular weight excluding hydrogens is 529 g/mol. The zero-order chi connectivity index (χ0) is 28.1. The van der Waals surface area contributed by atoms with Crippen molar-refractivity contribution in [2.24, 2.45) is 5.92 Å². The number of amides is 2. The quantitative estimate of drug-likeness (QED) is 0.476. The van der Waals surface area contributed by atoms with E-state index < -0.39 is 21.3 Å². The van der Waals surface area contributed by atoms with E-state index in [1.54, 1.807) is 23.4 Å². The number of nitrogens with one attached hydrogen (secondary N) is 1. The molecule has 0 aromatic heterocycles. The van der Waals surface area contributed by atoms with Gasteiger partial charge in [-0.1, -0.05) is 30.3 Å². The third kappa shape index (κ3) is 4.56. The second kappa shape index (κ2) is 10.0. The number of halogens is 1. The highest BCUT2D eigenvalue weighted by atomic mass is 32.2. The minimum atomic E-state index is -4.02. The Morgan fingerprint density at radius 1 is 0.975 bits per heavy atom. The average molecular weight is 562 g/mol. The number of benzene rings is 3. The molecule has 1 atom stereocenters. The van der Waals surface area contributed by atoms with Gasteiger partial charge in [-0.15, -0.1) is 0 Å². The first kappa shape index (κ1) is 26.5. The number of sulfonamides is 1. The number of fused-ring (bicyclic) bond motifs is 2. The molecule has 1 aliphatic carbocycles. The van der Waals surface area contributed by atoms with Crippen molar-refractivity contribution in [2.45, 2.75) is 55.5 Å². The molecule has 2 amide bonds. The lowest BCUT2D eigenvalue weighted by molar-refractivity contribution is -0.130. The molecule has 3 aromatic rings. The maximum atomic E-state index is 14.2. The highest BCUT2D eigenvalue weighted by molar-refractivity contribution is 7.92. The summed E-state index contributed by atoms with van der Waals surface area (Å²) in [6.45, 7) is 2.98. The van der Waals surface area contributed by atoms with E-state index in [1.165, 1.54) is 12.1 Å². The summed E-state index contributed by atoms with van der Waals surface area (Å²) in [6, 6.07) is 19.5. The normalized spacial score (nSPS) is 19.9. The molecule has 2 aliphatic heterocycles. The summed E-state index contributed by atoms with van der Waals surface area (Å²) in [5.74, 6) is -0.563. The predicted octanol–water partition coefficient (Wildman–Crippen LogP) is 4.62. The summed E-state index contributed by atoms with van der Waals surface area (Å²) >= 11 is 0. The third-order valence-corrected chi connectivity index (χ3v) is 10.5. The molecule has 9 heteroatoms. The Balaban J connectivity index is 1.42. The van der Waals surface area contributed by atoms with E-state index in [0.717, 1.165) is 36.1 Å². The third-order valence-electron chi connectivity index (χ3n) is 8.69. The fourth-order valence-electron chi connectivity index (χ4n) is 6.52. The molecule has 3 aliphatic rings. The zero-order valence-corrected chi connectivity index (χ0v) is 23.2. The van der Waals surface area contributed by atoms with Crippen LogP contribution in [0.25, 0.3) is 0 Å². The van der Waals surface area contributed by atoms with E-state index in [0.29, 0.717) is 43.7 Å². The summed E-state index contributed by atoms with van der Waals surface area (Å²) in [5, 5.41) is 2.98. The highest BCUT2D eigenvalue weighted by Gasteiger charge is 2.60. The molecule has 40 heavy (non-hydrogen) atoms. The van der Waals surface area contributed by atoms with Gasteiger partial charge in [0.15, 0.2) is 0 Å². The second-order valence-electron chi connectivity index (χ2n) is 11.1. The van der Waals surface area contributed by atoms with Gasteiger partial charge in [-0.2, -0.15) is 0 Å². The molecule has 2 heterocycles. The number of nitrogens with zero attached hydrogens (tertiary/aromatic N) is 2. The van der Waals surface area contributed by atoms with E-state index >= 15 is 0 Å². The van der Waals surface area contributed by atoms with Crippen molar-refractivity contribution in [1.29, 1.82) is 0 Å². The van der Waals surface area contributed by atoms with Crippen LogP contribution in [0.5, 0.6) is 0 Å². The second-order valence-corrected chi connectivity index (χ2v) is 12.9. The van der Waals surface area contributed by atoms with Crippen LogP contribution < -0.4 is 9.62 Å². The number of piperidine rings is 1. The maximum Gasteiger partial charge on any atom is 0.264 e. The topological polar surface area (TPSA) is 86.8 Å². The molecule has 1 spiro atoms. The molecule has 1 saturated carbocycles. The van der Waals surface area contributed by atoms with Gasteiger partial charge in [-0.05, 0) is 85.2 Å². The number of anilines is 1. The van der Waals surface area contributed by atoms with E-state index in [1.807, 2.05) is 41.3 Å². The van der Waals surface area contributed by atoms with Crippen molar-refractivity contribution in [1.82, 2.24) is 10.2 Å². The summed E-state index contributed by atoms with van der Waals surface area (Å²) in [7, 11) is -4.02. The number of hydrogen-bond acceptors (Lipinski definition) is 4. The summed E-state index contributed by atoms with van der Waals surface area (Å²) < 4.78 is 43.6. The zero-order valence-electron chi connectivity index (χ0n) is 22.3. The molecule has 1 saturated heterocycles. The largest absolute Gasteiger partial charge is 0.348 e. The Morgan fingerprint density at radius 2 is 1.65 bits per heavy atom. The minimum Gasteiger partial charge on any atom is -0.348 e. The van der Waals surface area contributed by atoms with Crippen molar-refractivity contribution >= 4 is 27.5 Å². The van der Waals surface area contributed by atoms with Crippen molar-refractivity contribution < 1.29 is 22.4 Å². The smallest absolute Gasteiger partial charge is 0.264 e. The molecule has 6 rings (SSSR count). The lowest BCUT2D eigenvalue weighted by Gasteiger charge is -2.45. The van der Waals surface area contributed by atoms with Crippen LogP contribution in [-0.2, 0) is 26.8 Å². The summed E-state index contributed by atoms with van der Waals surface area (Å²) in [6.07, 6.45) is 3.03. The van der Waals surface area contributed by atoms with Crippen LogP contribution in [0.3, 0.4) is 0 Å². The lowest BCUT2D eigenvalue weighted by atomic mass is 9.68. The van der Waals surface area contributed by atoms with Crippen LogP contribution >= 0.6 is 0 Å². The monoisotopic (exact) mass is 561 g/mol. The Kier molecular flexibility index (Phi) is 6.65. The number of likely N-dealkylation sites (tertiary alicyclic amines) is 1. The standard InChI is InChI=1S/C31H32FN3O4S/c1-21(36)34-17-15-31(16-18-34)27-19-24(30(37)33-20-22-5-3-2-4-6-22)9-14-28(27)35(29(31)23-7-8-23)40(38,39)26-12-10-25(32)11-13-26/h2-6,9-14,19,23,29H,7-8,15-18,20H2,1H3,(H,33,37). The van der Waals surface area contributed by atoms with E-state index in [9.17, 15) is 22.4 Å². The van der Waals surface area contributed by atoms with Crippen molar-refractivity contribution in [2.75, 3.05) is 17.4 Å². The van der Waals surface area contributed by atoms with Gasteiger partial charge in [-0.25, -0.2) is 12.8 Å². The Morgan fingerprint density at radius 3 is 2.27 bits per heavy atom. The first-order valence-corrected chi connectivity index (χ1v) is 15.2. The van der Waals surface area contributed by atoms with Gasteiger partial charge in [0.2, 0.25) is 5.91 Å². The molecule has 1 N–H and O–H groups in total. The van der Waals surface area contributed by atoms with Crippen molar-refractivity contribution in [3.63, 3.8) is 0 Å². The van der Waals surface area contributed by atoms with Crippen LogP contribution in [0.2, 0.25) is 0 Å². The number of carbonyl (C=O) groups is 2. The summed E-state index contributed by atoms with van der Waals surface area (Å²) in [4.78, 5) is 27.3. The van der Waals surface area contributed by atoms with Gasteiger partial charge < -0.3 is 10.2 Å². The van der Waals surface area contributed by atoms with Crippen LogP contribution in [0.15, 0.2) is 77.7 Å². The lowest BCUT2D eigenvalue weighted by Crippen LogP contribution is -2.54. The van der Waals surface area contributed by atoms with Gasteiger partial charge in [0.25, 0.3) is 15.9 Å². The van der Waals surface area contributed by atoms with Crippen LogP contribution in [0.1, 0.15) is 54.1 Å². The fraction of sp³-hybridized carbons (Fsp3) is 0.355. The minimum absolute atomic E-state index is 0.000808. The fourth-order valence-corrected chi connectivity index (χ4v) is 8.32. The number of carbonyl (C=O) groups excluding carboxylic acids is 2. The average Bonchev–Trinajstić information content (AvgIpc) is 3.76. The van der Waals surface area contributed by atoms with Crippen LogP contribution in [0, 0.1) is 11.7 Å². The van der Waals surface area contributed by atoms with Crippen LogP contribution in [-0.4, -0.2) is 44.3 Å². The molecular formula is C31H32FN3O4S. The van der Waals surface area contributed by atoms with Gasteiger partial charge in [-0.3, -0.25) is 13.9 Å². The Labute approximate surface area is 234 Å². The number of hydrogen-bond donors (Lipinski definition) is 1. The predicted molar refractivity (Wildman–Crippen MR) is 150 cm³/mol. The van der Waals surface area contributed by atoms with Gasteiger partial charge in [0.05, 0.1) is 16.6 Å². The van der Waals surface area contributed by atoms with Crippen molar-refractivity contribution in [3.05, 3.63) is 95.3 Å². The maximum absolute atomic E-state index is 14.2. The molecule has 0 radical (unpaired) electrons. The van der Waals surface area contributed by atoms with Crippen LogP contribution in [0.4, 0.5) is 10.1 Å². The van der Waals surface area contributed by atoms with E-state index in [2.05, 4.69) is 5.32 Å². The van der Waals surface area contributed by atoms with E-state index in [-0.39, 0.29) is 28.7 Å². The SMILES string of the molecule is CC(=O)N1CCC2(CC1)c1cc(C(=O)NCc3ccccc3)ccc1N(S(=O)(=O)c1ccc(F)cc1)C2C1CC1. The number of rotatable bonds is 6. The highest BCUT2D eigenvalue weighted by Crippen LogP contribution is 2.59. The van der Waals surface area contributed by atoms with E-state index in [4.69, 9.17) is 0 Å².